The average Bonchev–Trinajstić information content (AvgIpc) is 3.33. The molecule has 33 heavy (non-hydrogen) atoms. The van der Waals surface area contributed by atoms with Crippen molar-refractivity contribution in [3.8, 4) is 5.75 Å². The summed E-state index contributed by atoms with van der Waals surface area (Å²) in [6.45, 7) is 0. The minimum absolute atomic E-state index is 0.0358. The van der Waals surface area contributed by atoms with Crippen LogP contribution in [0.25, 0.3) is 11.2 Å². The standard InChI is InChI=1S/C20H21N5O8/c21-16-13-17(23-7-22-16)25(8-24-13)18-15(27)14(26)11(33-18)4-5-12(20(30)31)32-10-3-1-2-9(6-10)19(28)29/h1-3,6-8,11-12,14-15,18,26-27H,4-5H2,(H,28,29)(H,30,31)(H2,21,22,23)/t11-,12+,14?,15+,18-/m1/s1. The zero-order chi connectivity index (χ0) is 23.7. The van der Waals surface area contributed by atoms with Crippen LogP contribution in [-0.4, -0.2) is 76.3 Å². The van der Waals surface area contributed by atoms with Gasteiger partial charge in [-0.1, -0.05) is 6.07 Å². The SMILES string of the molecule is Nc1ncnc2c1ncn2[C@@H]1O[C@H](CC[C@H](Oc2cccc(C(=O)O)c2)C(=O)O)C(O)[C@@H]1O. The normalized spacial score (nSPS) is 23.5. The van der Waals surface area contributed by atoms with E-state index in [1.54, 1.807) is 0 Å². The van der Waals surface area contributed by atoms with E-state index >= 15 is 0 Å². The number of hydrogen-bond acceptors (Lipinski definition) is 10. The summed E-state index contributed by atoms with van der Waals surface area (Å²) >= 11 is 0. The van der Waals surface area contributed by atoms with E-state index in [0.717, 1.165) is 0 Å². The number of ether oxygens (including phenoxy) is 2. The molecule has 2 aromatic heterocycles. The summed E-state index contributed by atoms with van der Waals surface area (Å²) in [4.78, 5) is 34.8. The number of aliphatic hydroxyl groups excluding tert-OH is 2. The summed E-state index contributed by atoms with van der Waals surface area (Å²) in [6, 6.07) is 5.46. The van der Waals surface area contributed by atoms with Crippen LogP contribution in [-0.2, 0) is 9.53 Å². The molecule has 3 heterocycles. The highest BCUT2D eigenvalue weighted by atomic mass is 16.6. The number of aliphatic carboxylic acids is 1. The molecule has 0 spiro atoms. The number of imidazole rings is 1. The molecular weight excluding hydrogens is 438 g/mol. The van der Waals surface area contributed by atoms with Gasteiger partial charge in [-0.25, -0.2) is 24.5 Å². The number of benzene rings is 1. The van der Waals surface area contributed by atoms with Crippen LogP contribution in [0.4, 0.5) is 5.82 Å². The van der Waals surface area contributed by atoms with E-state index in [1.165, 1.54) is 41.5 Å². The van der Waals surface area contributed by atoms with Gasteiger partial charge in [-0.2, -0.15) is 0 Å². The second kappa shape index (κ2) is 8.97. The van der Waals surface area contributed by atoms with Crippen LogP contribution in [0.1, 0.15) is 29.4 Å². The fourth-order valence-corrected chi connectivity index (χ4v) is 3.67. The van der Waals surface area contributed by atoms with Crippen LogP contribution in [0.2, 0.25) is 0 Å². The molecule has 1 aromatic carbocycles. The molecule has 0 radical (unpaired) electrons. The first-order valence-corrected chi connectivity index (χ1v) is 9.93. The van der Waals surface area contributed by atoms with Crippen molar-refractivity contribution in [2.75, 3.05) is 5.73 Å². The minimum Gasteiger partial charge on any atom is -0.479 e. The lowest BCUT2D eigenvalue weighted by molar-refractivity contribution is -0.145. The Kier molecular flexibility index (Phi) is 6.09. The van der Waals surface area contributed by atoms with E-state index in [9.17, 15) is 24.9 Å². The smallest absolute Gasteiger partial charge is 0.344 e. The van der Waals surface area contributed by atoms with Gasteiger partial charge in [0.25, 0.3) is 0 Å². The molecule has 6 N–H and O–H groups in total. The fraction of sp³-hybridized carbons (Fsp3) is 0.350. The summed E-state index contributed by atoms with van der Waals surface area (Å²) in [5.74, 6) is -2.21. The minimum atomic E-state index is -1.33. The molecule has 13 nitrogen and oxygen atoms in total. The first kappa shape index (κ1) is 22.4. The third kappa shape index (κ3) is 4.41. The first-order chi connectivity index (χ1) is 15.8. The number of nitrogen functional groups attached to an aromatic ring is 1. The summed E-state index contributed by atoms with van der Waals surface area (Å²) in [6.07, 6.45) is -3.35. The Balaban J connectivity index is 1.45. The van der Waals surface area contributed by atoms with Crippen molar-refractivity contribution in [2.45, 2.75) is 43.5 Å². The van der Waals surface area contributed by atoms with Crippen molar-refractivity contribution in [3.05, 3.63) is 42.5 Å². The van der Waals surface area contributed by atoms with Crippen molar-refractivity contribution < 1.29 is 39.5 Å². The molecule has 174 valence electrons. The number of hydrogen-bond donors (Lipinski definition) is 5. The topological polar surface area (TPSA) is 203 Å². The number of nitrogens with two attached hydrogens (primary N) is 1. The Morgan fingerprint density at radius 3 is 2.70 bits per heavy atom. The molecule has 1 aliphatic rings. The van der Waals surface area contributed by atoms with Gasteiger partial charge in [0.2, 0.25) is 0 Å². The van der Waals surface area contributed by atoms with Crippen molar-refractivity contribution in [1.82, 2.24) is 19.5 Å². The zero-order valence-corrected chi connectivity index (χ0v) is 17.1. The van der Waals surface area contributed by atoms with E-state index in [0.29, 0.717) is 11.2 Å². The largest absolute Gasteiger partial charge is 0.479 e. The lowest BCUT2D eigenvalue weighted by atomic mass is 10.0. The van der Waals surface area contributed by atoms with E-state index in [2.05, 4.69) is 15.0 Å². The second-order valence-electron chi connectivity index (χ2n) is 7.48. The Hall–Kier alpha value is -3.81. The molecular formula is C20H21N5O8. The van der Waals surface area contributed by atoms with E-state index in [4.69, 9.17) is 20.3 Å². The number of rotatable bonds is 8. The van der Waals surface area contributed by atoms with Crippen LogP contribution in [0.5, 0.6) is 5.75 Å². The van der Waals surface area contributed by atoms with Crippen LogP contribution >= 0.6 is 0 Å². The number of fused-ring (bicyclic) bond motifs is 1. The maximum atomic E-state index is 11.7. The molecule has 1 aliphatic heterocycles. The highest BCUT2D eigenvalue weighted by molar-refractivity contribution is 5.88. The molecule has 1 saturated heterocycles. The summed E-state index contributed by atoms with van der Waals surface area (Å²) in [5, 5.41) is 39.6. The molecule has 0 aliphatic carbocycles. The molecule has 4 rings (SSSR count). The number of carboxylic acids is 2. The number of carbonyl (C=O) groups is 2. The zero-order valence-electron chi connectivity index (χ0n) is 17.1. The van der Waals surface area contributed by atoms with Crippen LogP contribution in [0, 0.1) is 0 Å². The van der Waals surface area contributed by atoms with Gasteiger partial charge in [0.15, 0.2) is 23.8 Å². The van der Waals surface area contributed by atoms with Crippen LogP contribution in [0.15, 0.2) is 36.9 Å². The van der Waals surface area contributed by atoms with Gasteiger partial charge in [0.05, 0.1) is 18.0 Å². The monoisotopic (exact) mass is 459 g/mol. The molecule has 5 atom stereocenters. The third-order valence-electron chi connectivity index (χ3n) is 5.35. The Morgan fingerprint density at radius 1 is 1.18 bits per heavy atom. The van der Waals surface area contributed by atoms with Crippen molar-refractivity contribution in [2.24, 2.45) is 0 Å². The first-order valence-electron chi connectivity index (χ1n) is 9.93. The molecule has 0 bridgehead atoms. The number of carboxylic acid groups (broad SMARTS) is 2. The Morgan fingerprint density at radius 2 is 1.97 bits per heavy atom. The van der Waals surface area contributed by atoms with E-state index in [1.807, 2.05) is 0 Å². The van der Waals surface area contributed by atoms with Crippen molar-refractivity contribution in [3.63, 3.8) is 0 Å². The summed E-state index contributed by atoms with van der Waals surface area (Å²) in [7, 11) is 0. The molecule has 1 unspecified atom stereocenters. The van der Waals surface area contributed by atoms with Gasteiger partial charge in [-0.15, -0.1) is 0 Å². The number of aromatic nitrogens is 4. The maximum absolute atomic E-state index is 11.7. The van der Waals surface area contributed by atoms with Gasteiger partial charge in [0.1, 0.15) is 29.8 Å². The summed E-state index contributed by atoms with van der Waals surface area (Å²) < 4.78 is 12.7. The lowest BCUT2D eigenvalue weighted by Crippen LogP contribution is -2.33. The van der Waals surface area contributed by atoms with Crippen LogP contribution in [0.3, 0.4) is 0 Å². The molecule has 3 aromatic rings. The maximum Gasteiger partial charge on any atom is 0.344 e. The fourth-order valence-electron chi connectivity index (χ4n) is 3.67. The van der Waals surface area contributed by atoms with E-state index < -0.39 is 42.6 Å². The van der Waals surface area contributed by atoms with Crippen molar-refractivity contribution >= 4 is 28.9 Å². The van der Waals surface area contributed by atoms with Gasteiger partial charge < -0.3 is 35.6 Å². The van der Waals surface area contributed by atoms with Gasteiger partial charge in [-0.3, -0.25) is 4.57 Å². The lowest BCUT2D eigenvalue weighted by Gasteiger charge is -2.19. The Bertz CT molecular complexity index is 1180. The quantitative estimate of drug-likeness (QED) is 0.303. The average molecular weight is 459 g/mol. The molecule has 13 heteroatoms. The number of aliphatic hydroxyl groups is 2. The molecule has 0 saturated carbocycles. The van der Waals surface area contributed by atoms with Gasteiger partial charge in [0, 0.05) is 0 Å². The van der Waals surface area contributed by atoms with Crippen LogP contribution < -0.4 is 10.5 Å². The highest BCUT2D eigenvalue weighted by Crippen LogP contribution is 2.34. The summed E-state index contributed by atoms with van der Waals surface area (Å²) in [5.41, 5.74) is 6.35. The Labute approximate surface area is 186 Å². The number of nitrogens with zero attached hydrogens (tertiary/aromatic N) is 4. The van der Waals surface area contributed by atoms with Crippen molar-refractivity contribution in [1.29, 1.82) is 0 Å². The highest BCUT2D eigenvalue weighted by Gasteiger charge is 2.44. The molecule has 0 amide bonds. The predicted octanol–water partition coefficient (Wildman–Crippen LogP) is 0.0383. The predicted molar refractivity (Wildman–Crippen MR) is 110 cm³/mol. The molecule has 1 fully saturated rings. The van der Waals surface area contributed by atoms with Gasteiger partial charge in [-0.05, 0) is 31.0 Å². The second-order valence-corrected chi connectivity index (χ2v) is 7.48. The number of anilines is 1. The third-order valence-corrected chi connectivity index (χ3v) is 5.35. The number of aromatic carboxylic acids is 1. The van der Waals surface area contributed by atoms with Gasteiger partial charge >= 0.3 is 11.9 Å². The van der Waals surface area contributed by atoms with E-state index in [-0.39, 0.29) is 30.0 Å².